The lowest BCUT2D eigenvalue weighted by Gasteiger charge is -2.32. The Hall–Kier alpha value is -0.810. The molecule has 1 N–H and O–H groups in total. The van der Waals surface area contributed by atoms with Crippen molar-refractivity contribution in [2.45, 2.75) is 38.6 Å². The molecule has 106 valence electrons. The number of piperidine rings is 1. The fourth-order valence-corrected chi connectivity index (χ4v) is 2.82. The highest BCUT2D eigenvalue weighted by Gasteiger charge is 2.22. The molecule has 1 aliphatic heterocycles. The Balaban J connectivity index is 1.77. The molecule has 1 amide bonds. The number of halogens is 1. The van der Waals surface area contributed by atoms with Gasteiger partial charge in [-0.1, -0.05) is 13.3 Å². The van der Waals surface area contributed by atoms with Crippen LogP contribution in [0.2, 0.25) is 0 Å². The van der Waals surface area contributed by atoms with Gasteiger partial charge in [0.1, 0.15) is 0 Å². The number of nitrogens with one attached hydrogen (secondary N) is 1. The number of nitrogens with zero attached hydrogens (tertiary/aromatic N) is 1. The monoisotopic (exact) mass is 328 g/mol. The fraction of sp³-hybridized carbons (Fsp3) is 0.643. The summed E-state index contributed by atoms with van der Waals surface area (Å²) in [4.78, 5) is 14.5. The molecule has 0 spiro atoms. The van der Waals surface area contributed by atoms with E-state index in [4.69, 9.17) is 4.42 Å². The van der Waals surface area contributed by atoms with Gasteiger partial charge in [0.2, 0.25) is 0 Å². The Morgan fingerprint density at radius 3 is 2.84 bits per heavy atom. The SMILES string of the molecule is CCCCN1CCC(NC(=O)c2ccoc2Br)CC1. The first-order valence-corrected chi connectivity index (χ1v) is 7.76. The highest BCUT2D eigenvalue weighted by molar-refractivity contribution is 9.10. The third-order valence-electron chi connectivity index (χ3n) is 3.61. The minimum atomic E-state index is -0.0485. The molecule has 1 aromatic rings. The van der Waals surface area contributed by atoms with Crippen molar-refractivity contribution in [2.24, 2.45) is 0 Å². The highest BCUT2D eigenvalue weighted by atomic mass is 79.9. The van der Waals surface area contributed by atoms with Gasteiger partial charge in [-0.15, -0.1) is 0 Å². The van der Waals surface area contributed by atoms with Crippen LogP contribution in [0.5, 0.6) is 0 Å². The van der Waals surface area contributed by atoms with Gasteiger partial charge in [-0.2, -0.15) is 0 Å². The molecule has 4 nitrogen and oxygen atoms in total. The van der Waals surface area contributed by atoms with Crippen LogP contribution in [0.4, 0.5) is 0 Å². The van der Waals surface area contributed by atoms with Crippen LogP contribution in [0.3, 0.4) is 0 Å². The topological polar surface area (TPSA) is 45.5 Å². The van der Waals surface area contributed by atoms with Crippen molar-refractivity contribution in [3.8, 4) is 0 Å². The first kappa shape index (κ1) is 14.6. The first-order valence-electron chi connectivity index (χ1n) is 6.97. The lowest BCUT2D eigenvalue weighted by Crippen LogP contribution is -2.44. The van der Waals surface area contributed by atoms with Gasteiger partial charge in [0.15, 0.2) is 4.67 Å². The molecule has 0 unspecified atom stereocenters. The highest BCUT2D eigenvalue weighted by Crippen LogP contribution is 2.18. The summed E-state index contributed by atoms with van der Waals surface area (Å²) in [5.41, 5.74) is 0.577. The molecule has 0 aromatic carbocycles. The van der Waals surface area contributed by atoms with Gasteiger partial charge in [-0.25, -0.2) is 0 Å². The summed E-state index contributed by atoms with van der Waals surface area (Å²) < 4.78 is 5.59. The lowest BCUT2D eigenvalue weighted by molar-refractivity contribution is 0.0909. The molecule has 0 atom stereocenters. The molecule has 0 saturated carbocycles. The van der Waals surface area contributed by atoms with Crippen molar-refractivity contribution in [3.05, 3.63) is 22.6 Å². The molecule has 2 rings (SSSR count). The van der Waals surface area contributed by atoms with E-state index >= 15 is 0 Å². The van der Waals surface area contributed by atoms with Crippen LogP contribution in [-0.2, 0) is 0 Å². The van der Waals surface area contributed by atoms with Gasteiger partial charge in [0.05, 0.1) is 11.8 Å². The predicted molar refractivity (Wildman–Crippen MR) is 78.2 cm³/mol. The Bertz CT molecular complexity index is 411. The Labute approximate surface area is 122 Å². The number of carbonyl (C=O) groups is 1. The van der Waals surface area contributed by atoms with Crippen LogP contribution in [0.15, 0.2) is 21.4 Å². The zero-order valence-electron chi connectivity index (χ0n) is 11.3. The number of unbranched alkanes of at least 4 members (excludes halogenated alkanes) is 1. The van der Waals surface area contributed by atoms with Crippen molar-refractivity contribution in [1.82, 2.24) is 10.2 Å². The number of rotatable bonds is 5. The minimum absolute atomic E-state index is 0.0485. The standard InChI is InChI=1S/C14H21BrN2O2/c1-2-3-7-17-8-4-11(5-9-17)16-14(18)12-6-10-19-13(12)15/h6,10-11H,2-5,7-9H2,1H3,(H,16,18). The molecule has 0 aliphatic carbocycles. The van der Waals surface area contributed by atoms with Crippen LogP contribution in [0.1, 0.15) is 43.0 Å². The maximum Gasteiger partial charge on any atom is 0.255 e. The molecule has 1 aromatic heterocycles. The van der Waals surface area contributed by atoms with E-state index < -0.39 is 0 Å². The Morgan fingerprint density at radius 1 is 1.53 bits per heavy atom. The van der Waals surface area contributed by atoms with E-state index in [1.807, 2.05) is 0 Å². The number of hydrogen-bond acceptors (Lipinski definition) is 3. The van der Waals surface area contributed by atoms with Gasteiger partial charge in [0, 0.05) is 19.1 Å². The average molecular weight is 329 g/mol. The molecular formula is C14H21BrN2O2. The zero-order chi connectivity index (χ0) is 13.7. The maximum atomic E-state index is 12.0. The van der Waals surface area contributed by atoms with Crippen LogP contribution in [-0.4, -0.2) is 36.5 Å². The second-order valence-electron chi connectivity index (χ2n) is 5.05. The van der Waals surface area contributed by atoms with E-state index in [9.17, 15) is 4.79 Å². The summed E-state index contributed by atoms with van der Waals surface area (Å²) in [6, 6.07) is 1.97. The number of carbonyl (C=O) groups excluding carboxylic acids is 1. The average Bonchev–Trinajstić information content (AvgIpc) is 2.84. The largest absolute Gasteiger partial charge is 0.457 e. The van der Waals surface area contributed by atoms with Crippen molar-refractivity contribution < 1.29 is 9.21 Å². The van der Waals surface area contributed by atoms with Crippen LogP contribution < -0.4 is 5.32 Å². The van der Waals surface area contributed by atoms with Gasteiger partial charge < -0.3 is 14.6 Å². The normalized spacial score (nSPS) is 17.6. The first-order chi connectivity index (χ1) is 9.20. The van der Waals surface area contributed by atoms with Gasteiger partial charge >= 0.3 is 0 Å². The van der Waals surface area contributed by atoms with Gasteiger partial charge in [-0.05, 0) is 47.8 Å². The number of likely N-dealkylation sites (tertiary alicyclic amines) is 1. The van der Waals surface area contributed by atoms with E-state index in [0.29, 0.717) is 10.2 Å². The molecule has 1 aliphatic rings. The summed E-state index contributed by atoms with van der Waals surface area (Å²) in [5.74, 6) is -0.0485. The molecule has 1 saturated heterocycles. The van der Waals surface area contributed by atoms with Crippen molar-refractivity contribution in [3.63, 3.8) is 0 Å². The summed E-state index contributed by atoms with van der Waals surface area (Å²) in [5, 5.41) is 3.08. The molecule has 0 bridgehead atoms. The maximum absolute atomic E-state index is 12.0. The number of furan rings is 1. The zero-order valence-corrected chi connectivity index (χ0v) is 12.9. The third kappa shape index (κ3) is 4.08. The number of hydrogen-bond donors (Lipinski definition) is 1. The molecular weight excluding hydrogens is 308 g/mol. The number of amides is 1. The molecule has 1 fully saturated rings. The van der Waals surface area contributed by atoms with Crippen LogP contribution in [0, 0.1) is 0 Å². The van der Waals surface area contributed by atoms with Crippen molar-refractivity contribution in [1.29, 1.82) is 0 Å². The predicted octanol–water partition coefficient (Wildman–Crippen LogP) is 3.04. The summed E-state index contributed by atoms with van der Waals surface area (Å²) >= 11 is 3.23. The van der Waals surface area contributed by atoms with E-state index in [2.05, 4.69) is 33.1 Å². The Kier molecular flexibility index (Phi) is 5.45. The molecule has 19 heavy (non-hydrogen) atoms. The van der Waals surface area contributed by atoms with E-state index in [0.717, 1.165) is 25.9 Å². The van der Waals surface area contributed by atoms with Crippen LogP contribution >= 0.6 is 15.9 Å². The minimum Gasteiger partial charge on any atom is -0.457 e. The smallest absolute Gasteiger partial charge is 0.255 e. The second-order valence-corrected chi connectivity index (χ2v) is 5.77. The summed E-state index contributed by atoms with van der Waals surface area (Å²) in [6.07, 6.45) is 6.09. The molecule has 0 radical (unpaired) electrons. The molecule has 2 heterocycles. The fourth-order valence-electron chi connectivity index (χ4n) is 2.40. The Morgan fingerprint density at radius 2 is 2.26 bits per heavy atom. The van der Waals surface area contributed by atoms with E-state index in [1.165, 1.54) is 25.6 Å². The quantitative estimate of drug-likeness (QED) is 0.903. The summed E-state index contributed by atoms with van der Waals surface area (Å²) in [7, 11) is 0. The van der Waals surface area contributed by atoms with E-state index in [-0.39, 0.29) is 11.9 Å². The summed E-state index contributed by atoms with van der Waals surface area (Å²) in [6.45, 7) is 5.56. The second kappa shape index (κ2) is 7.10. The van der Waals surface area contributed by atoms with E-state index in [1.54, 1.807) is 6.07 Å². The molecule has 5 heteroatoms. The third-order valence-corrected chi connectivity index (χ3v) is 4.23. The van der Waals surface area contributed by atoms with Crippen LogP contribution in [0.25, 0.3) is 0 Å². The van der Waals surface area contributed by atoms with Gasteiger partial charge in [-0.3, -0.25) is 4.79 Å². The lowest BCUT2D eigenvalue weighted by atomic mass is 10.0. The van der Waals surface area contributed by atoms with Gasteiger partial charge in [0.25, 0.3) is 5.91 Å². The van der Waals surface area contributed by atoms with Crippen molar-refractivity contribution >= 4 is 21.8 Å². The van der Waals surface area contributed by atoms with Crippen molar-refractivity contribution in [2.75, 3.05) is 19.6 Å².